The second-order valence-corrected chi connectivity index (χ2v) is 7.37. The van der Waals surface area contributed by atoms with Gasteiger partial charge in [-0.15, -0.1) is 0 Å². The highest BCUT2D eigenvalue weighted by Crippen LogP contribution is 2.31. The molecule has 1 aliphatic rings. The summed E-state index contributed by atoms with van der Waals surface area (Å²) in [5.74, 6) is -0.0739. The predicted octanol–water partition coefficient (Wildman–Crippen LogP) is 3.32. The Bertz CT molecular complexity index is 1090. The average Bonchev–Trinajstić information content (AvgIpc) is 2.69. The lowest BCUT2D eigenvalue weighted by molar-refractivity contribution is -0.128. The minimum Gasteiger partial charge on any atom is -0.355 e. The topological polar surface area (TPSA) is 74.8 Å². The molecule has 1 aliphatic heterocycles. The molecule has 0 radical (unpaired) electrons. The van der Waals surface area contributed by atoms with E-state index in [2.05, 4.69) is 34.3 Å². The van der Waals surface area contributed by atoms with Crippen molar-refractivity contribution in [1.29, 1.82) is 0 Å². The number of aryl methyl sites for hydroxylation is 1. The number of aromatic nitrogens is 2. The molecule has 3 heterocycles. The lowest BCUT2D eigenvalue weighted by Crippen LogP contribution is -2.49. The summed E-state index contributed by atoms with van der Waals surface area (Å²) in [5.41, 5.74) is 3.33. The number of H-pyrrole nitrogens is 1. The van der Waals surface area contributed by atoms with Gasteiger partial charge in [0.15, 0.2) is 0 Å². The van der Waals surface area contributed by atoms with E-state index < -0.39 is 5.41 Å². The Kier molecular flexibility index (Phi) is 4.30. The quantitative estimate of drug-likeness (QED) is 0.751. The van der Waals surface area contributed by atoms with Crippen molar-refractivity contribution in [2.45, 2.75) is 38.5 Å². The number of carbonyl (C=O) groups excluding carboxylic acids is 1. The monoisotopic (exact) mass is 361 g/mol. The molecule has 5 nitrogen and oxygen atoms in total. The molecule has 4 rings (SSSR count). The fourth-order valence-electron chi connectivity index (χ4n) is 3.99. The Morgan fingerprint density at radius 1 is 1.19 bits per heavy atom. The number of amides is 1. The third-order valence-corrected chi connectivity index (χ3v) is 5.64. The van der Waals surface area contributed by atoms with Gasteiger partial charge in [0.25, 0.3) is 5.56 Å². The molecule has 1 atom stereocenters. The summed E-state index contributed by atoms with van der Waals surface area (Å²) in [6.07, 6.45) is 4.22. The van der Waals surface area contributed by atoms with E-state index in [1.807, 2.05) is 25.1 Å². The zero-order valence-corrected chi connectivity index (χ0v) is 15.6. The van der Waals surface area contributed by atoms with Crippen molar-refractivity contribution in [2.75, 3.05) is 6.54 Å². The fraction of sp³-hybridized carbons (Fsp3) is 0.318. The van der Waals surface area contributed by atoms with Gasteiger partial charge in [0, 0.05) is 34.9 Å². The fourth-order valence-corrected chi connectivity index (χ4v) is 3.99. The maximum absolute atomic E-state index is 12.8. The Labute approximate surface area is 157 Å². The van der Waals surface area contributed by atoms with Crippen molar-refractivity contribution in [3.05, 3.63) is 64.1 Å². The molecule has 0 spiro atoms. The highest BCUT2D eigenvalue weighted by Gasteiger charge is 2.39. The number of hydrogen-bond acceptors (Lipinski definition) is 3. The Morgan fingerprint density at radius 3 is 2.78 bits per heavy atom. The number of aromatic amines is 1. The van der Waals surface area contributed by atoms with Crippen LogP contribution in [0.15, 0.2) is 47.4 Å². The van der Waals surface area contributed by atoms with Gasteiger partial charge in [-0.2, -0.15) is 0 Å². The summed E-state index contributed by atoms with van der Waals surface area (Å²) < 4.78 is 0. The molecule has 5 heteroatoms. The number of benzene rings is 1. The van der Waals surface area contributed by atoms with Gasteiger partial charge in [0.1, 0.15) is 0 Å². The van der Waals surface area contributed by atoms with E-state index in [1.165, 1.54) is 5.56 Å². The van der Waals surface area contributed by atoms with Crippen LogP contribution >= 0.6 is 0 Å². The molecule has 0 saturated carbocycles. The number of carbonyl (C=O) groups is 1. The Hall–Kier alpha value is -2.95. The maximum Gasteiger partial charge on any atom is 0.252 e. The predicted molar refractivity (Wildman–Crippen MR) is 107 cm³/mol. The standard InChI is InChI=1S/C22H23N3O2/c1-3-14-12-15(13-19-16(14)6-4-10-23-19)18-8-7-17(20(26)25-18)22(2)9-5-11-24-21(22)27/h4,6-8,10,12-13H,3,5,9,11H2,1-2H3,(H,24,27)(H,25,26). The summed E-state index contributed by atoms with van der Waals surface area (Å²) in [4.78, 5) is 32.7. The number of pyridine rings is 2. The molecule has 0 aliphatic carbocycles. The summed E-state index contributed by atoms with van der Waals surface area (Å²) in [6, 6.07) is 11.8. The first-order chi connectivity index (χ1) is 13.0. The van der Waals surface area contributed by atoms with Crippen LogP contribution in [-0.2, 0) is 16.6 Å². The van der Waals surface area contributed by atoms with Gasteiger partial charge in [0.05, 0.1) is 10.9 Å². The van der Waals surface area contributed by atoms with Crippen molar-refractivity contribution >= 4 is 16.8 Å². The zero-order chi connectivity index (χ0) is 19.0. The Balaban J connectivity index is 1.80. The van der Waals surface area contributed by atoms with Crippen LogP contribution in [0.1, 0.15) is 37.8 Å². The van der Waals surface area contributed by atoms with Gasteiger partial charge in [-0.1, -0.05) is 19.1 Å². The molecule has 1 saturated heterocycles. The molecular formula is C22H23N3O2. The van der Waals surface area contributed by atoms with Crippen molar-refractivity contribution in [3.63, 3.8) is 0 Å². The highest BCUT2D eigenvalue weighted by atomic mass is 16.2. The van der Waals surface area contributed by atoms with Crippen molar-refractivity contribution in [3.8, 4) is 11.3 Å². The lowest BCUT2D eigenvalue weighted by atomic mass is 9.76. The van der Waals surface area contributed by atoms with Crippen LogP contribution in [0.5, 0.6) is 0 Å². The van der Waals surface area contributed by atoms with Crippen molar-refractivity contribution < 1.29 is 4.79 Å². The third-order valence-electron chi connectivity index (χ3n) is 5.64. The largest absolute Gasteiger partial charge is 0.355 e. The average molecular weight is 361 g/mol. The molecule has 138 valence electrons. The van der Waals surface area contributed by atoms with Gasteiger partial charge in [-0.05, 0) is 56.0 Å². The SMILES string of the molecule is CCc1cc(-c2ccc(C3(C)CCCNC3=O)c(=O)[nH]2)cc2ncccc12. The first-order valence-electron chi connectivity index (χ1n) is 9.43. The number of rotatable bonds is 3. The van der Waals surface area contributed by atoms with Crippen LogP contribution in [0.3, 0.4) is 0 Å². The van der Waals surface area contributed by atoms with Crippen LogP contribution in [0, 0.1) is 0 Å². The smallest absolute Gasteiger partial charge is 0.252 e. The number of piperidine rings is 1. The second kappa shape index (κ2) is 6.65. The minimum absolute atomic E-state index is 0.0739. The second-order valence-electron chi connectivity index (χ2n) is 7.37. The molecule has 1 fully saturated rings. The van der Waals surface area contributed by atoms with E-state index in [4.69, 9.17) is 0 Å². The van der Waals surface area contributed by atoms with E-state index in [-0.39, 0.29) is 11.5 Å². The molecule has 1 aromatic carbocycles. The molecular weight excluding hydrogens is 338 g/mol. The van der Waals surface area contributed by atoms with Crippen LogP contribution in [-0.4, -0.2) is 22.4 Å². The van der Waals surface area contributed by atoms with Crippen molar-refractivity contribution in [1.82, 2.24) is 15.3 Å². The number of hydrogen-bond donors (Lipinski definition) is 2. The number of nitrogens with one attached hydrogen (secondary N) is 2. The van der Waals surface area contributed by atoms with Crippen LogP contribution in [0.4, 0.5) is 0 Å². The number of nitrogens with zero attached hydrogens (tertiary/aromatic N) is 1. The molecule has 27 heavy (non-hydrogen) atoms. The van der Waals surface area contributed by atoms with E-state index in [1.54, 1.807) is 12.3 Å². The van der Waals surface area contributed by atoms with Gasteiger partial charge in [0.2, 0.25) is 5.91 Å². The third kappa shape index (κ3) is 2.93. The summed E-state index contributed by atoms with van der Waals surface area (Å²) in [7, 11) is 0. The first-order valence-corrected chi connectivity index (χ1v) is 9.43. The maximum atomic E-state index is 12.8. The summed E-state index contributed by atoms with van der Waals surface area (Å²) in [6.45, 7) is 4.63. The van der Waals surface area contributed by atoms with Crippen LogP contribution in [0.2, 0.25) is 0 Å². The number of fused-ring (bicyclic) bond motifs is 1. The minimum atomic E-state index is -0.774. The molecule has 3 aromatic rings. The summed E-state index contributed by atoms with van der Waals surface area (Å²) in [5, 5.41) is 4.01. The van der Waals surface area contributed by atoms with E-state index in [0.29, 0.717) is 18.5 Å². The van der Waals surface area contributed by atoms with E-state index in [9.17, 15) is 9.59 Å². The van der Waals surface area contributed by atoms with Gasteiger partial charge in [-0.3, -0.25) is 14.6 Å². The Morgan fingerprint density at radius 2 is 2.04 bits per heavy atom. The molecule has 1 amide bonds. The summed E-state index contributed by atoms with van der Waals surface area (Å²) >= 11 is 0. The molecule has 0 bridgehead atoms. The highest BCUT2D eigenvalue weighted by molar-refractivity contribution is 5.89. The zero-order valence-electron chi connectivity index (χ0n) is 15.6. The lowest BCUT2D eigenvalue weighted by Gasteiger charge is -2.32. The molecule has 1 unspecified atom stereocenters. The van der Waals surface area contributed by atoms with Crippen LogP contribution in [0.25, 0.3) is 22.2 Å². The normalized spacial score (nSPS) is 19.9. The van der Waals surface area contributed by atoms with Crippen molar-refractivity contribution in [2.24, 2.45) is 0 Å². The van der Waals surface area contributed by atoms with Gasteiger partial charge >= 0.3 is 0 Å². The van der Waals surface area contributed by atoms with E-state index in [0.717, 1.165) is 35.0 Å². The molecule has 2 N–H and O–H groups in total. The molecule has 2 aromatic heterocycles. The van der Waals surface area contributed by atoms with Crippen LogP contribution < -0.4 is 10.9 Å². The van der Waals surface area contributed by atoms with Gasteiger partial charge in [-0.25, -0.2) is 0 Å². The van der Waals surface area contributed by atoms with Gasteiger partial charge < -0.3 is 10.3 Å². The first kappa shape index (κ1) is 17.5. The van der Waals surface area contributed by atoms with E-state index >= 15 is 0 Å².